The molecule has 0 aliphatic rings. The van der Waals surface area contributed by atoms with Crippen LogP contribution in [0.15, 0.2) is 24.3 Å². The number of carbonyl (C=O) groups is 1. The molecule has 0 N–H and O–H groups in total. The summed E-state index contributed by atoms with van der Waals surface area (Å²) in [5.41, 5.74) is 0.576. The Bertz CT molecular complexity index is 427. The summed E-state index contributed by atoms with van der Waals surface area (Å²) in [4.78, 5) is 11.4. The molecule has 0 fully saturated rings. The van der Waals surface area contributed by atoms with E-state index in [-0.39, 0.29) is 5.78 Å². The van der Waals surface area contributed by atoms with Gasteiger partial charge in [-0.1, -0.05) is 26.0 Å². The van der Waals surface area contributed by atoms with Crippen molar-refractivity contribution >= 4 is 16.6 Å². The molecule has 0 aromatic heterocycles. The molecule has 0 aliphatic heterocycles. The van der Waals surface area contributed by atoms with Crippen LogP contribution in [0.4, 0.5) is 0 Å². The van der Waals surface area contributed by atoms with Crippen LogP contribution in [0.5, 0.6) is 5.75 Å². The molecule has 0 spiro atoms. The fourth-order valence-corrected chi connectivity index (χ4v) is 2.76. The summed E-state index contributed by atoms with van der Waals surface area (Å²) in [5.74, 6) is 2.18. The molecule has 0 aliphatic carbocycles. The van der Waals surface area contributed by atoms with Crippen molar-refractivity contribution in [1.82, 2.24) is 0 Å². The van der Waals surface area contributed by atoms with Gasteiger partial charge in [0.15, 0.2) is 5.78 Å². The van der Waals surface area contributed by atoms with Gasteiger partial charge in [-0.25, -0.2) is 0 Å². The van der Waals surface area contributed by atoms with E-state index >= 15 is 0 Å². The van der Waals surface area contributed by atoms with Crippen LogP contribution < -0.4 is 4.74 Å². The molecule has 1 atom stereocenters. The zero-order valence-corrected chi connectivity index (χ0v) is 12.0. The number of para-hydroxylation sites is 1. The predicted molar refractivity (Wildman–Crippen MR) is 74.7 cm³/mol. The van der Waals surface area contributed by atoms with Crippen molar-refractivity contribution in [3.63, 3.8) is 0 Å². The van der Waals surface area contributed by atoms with Crippen molar-refractivity contribution in [1.29, 1.82) is 0 Å². The second kappa shape index (κ2) is 7.31. The van der Waals surface area contributed by atoms with Gasteiger partial charge in [-0.15, -0.1) is 0 Å². The lowest BCUT2D eigenvalue weighted by Gasteiger charge is -2.10. The lowest BCUT2D eigenvalue weighted by atomic mass is 10.1. The van der Waals surface area contributed by atoms with Gasteiger partial charge >= 0.3 is 0 Å². The largest absolute Gasteiger partial charge is 0.492 e. The van der Waals surface area contributed by atoms with Crippen molar-refractivity contribution in [2.24, 2.45) is 5.92 Å². The third-order valence-corrected chi connectivity index (χ3v) is 4.01. The number of hydrogen-bond acceptors (Lipinski definition) is 3. The molecule has 1 unspecified atom stereocenters. The molecule has 0 amide bonds. The van der Waals surface area contributed by atoms with E-state index in [2.05, 4.69) is 0 Å². The van der Waals surface area contributed by atoms with Gasteiger partial charge in [0.1, 0.15) is 5.75 Å². The Morgan fingerprint density at radius 1 is 1.33 bits per heavy atom. The van der Waals surface area contributed by atoms with Crippen LogP contribution in [0.2, 0.25) is 0 Å². The first-order valence-corrected chi connectivity index (χ1v) is 7.57. The molecule has 0 bridgehead atoms. The third kappa shape index (κ3) is 5.00. The second-order valence-electron chi connectivity index (χ2n) is 4.61. The summed E-state index contributed by atoms with van der Waals surface area (Å²) >= 11 is 0. The monoisotopic (exact) mass is 268 g/mol. The van der Waals surface area contributed by atoms with E-state index in [1.165, 1.54) is 6.92 Å². The zero-order valence-electron chi connectivity index (χ0n) is 11.1. The first kappa shape index (κ1) is 14.9. The number of ether oxygens (including phenoxy) is 1. The van der Waals surface area contributed by atoms with Crippen LogP contribution in [0, 0.1) is 5.92 Å². The molecule has 3 nitrogen and oxygen atoms in total. The number of rotatable bonds is 7. The van der Waals surface area contributed by atoms with E-state index in [1.54, 1.807) is 18.2 Å². The highest BCUT2D eigenvalue weighted by molar-refractivity contribution is 7.85. The Labute approximate surface area is 111 Å². The van der Waals surface area contributed by atoms with Crippen LogP contribution >= 0.6 is 0 Å². The molecule has 1 aromatic carbocycles. The maximum absolute atomic E-state index is 11.6. The lowest BCUT2D eigenvalue weighted by Crippen LogP contribution is -2.14. The van der Waals surface area contributed by atoms with Gasteiger partial charge < -0.3 is 4.74 Å². The van der Waals surface area contributed by atoms with Crippen molar-refractivity contribution in [2.45, 2.75) is 20.8 Å². The topological polar surface area (TPSA) is 43.4 Å². The highest BCUT2D eigenvalue weighted by Crippen LogP contribution is 2.18. The van der Waals surface area contributed by atoms with Crippen molar-refractivity contribution in [3.8, 4) is 5.75 Å². The fraction of sp³-hybridized carbons (Fsp3) is 0.500. The molecule has 0 saturated carbocycles. The van der Waals surface area contributed by atoms with Crippen molar-refractivity contribution in [2.75, 3.05) is 18.1 Å². The number of ketones is 1. The number of carbonyl (C=O) groups excluding carboxylic acids is 1. The van der Waals surface area contributed by atoms with E-state index in [9.17, 15) is 9.00 Å². The Balaban J connectivity index is 2.49. The van der Waals surface area contributed by atoms with Crippen LogP contribution in [0.3, 0.4) is 0 Å². The number of Topliss-reactive ketones (excluding diaryl/α,β-unsaturated/α-hetero) is 1. The summed E-state index contributed by atoms with van der Waals surface area (Å²) in [6.45, 7) is 5.98. The number of benzene rings is 1. The first-order chi connectivity index (χ1) is 8.50. The van der Waals surface area contributed by atoms with Crippen LogP contribution in [0.25, 0.3) is 0 Å². The minimum Gasteiger partial charge on any atom is -0.492 e. The minimum atomic E-state index is -0.851. The normalized spacial score (nSPS) is 12.4. The highest BCUT2D eigenvalue weighted by atomic mass is 32.2. The van der Waals surface area contributed by atoms with E-state index in [4.69, 9.17) is 4.74 Å². The summed E-state index contributed by atoms with van der Waals surface area (Å²) in [7, 11) is -0.851. The highest BCUT2D eigenvalue weighted by Gasteiger charge is 2.08. The SMILES string of the molecule is CC(=O)c1ccccc1OCCS(=O)CC(C)C. The third-order valence-electron chi connectivity index (χ3n) is 2.35. The molecule has 18 heavy (non-hydrogen) atoms. The summed E-state index contributed by atoms with van der Waals surface area (Å²) in [6, 6.07) is 7.14. The molecule has 4 heteroatoms. The number of hydrogen-bond donors (Lipinski definition) is 0. The van der Waals surface area contributed by atoms with Gasteiger partial charge in [0.2, 0.25) is 0 Å². The maximum atomic E-state index is 11.6. The average Bonchev–Trinajstić information content (AvgIpc) is 2.28. The van der Waals surface area contributed by atoms with Crippen LogP contribution in [0.1, 0.15) is 31.1 Å². The van der Waals surface area contributed by atoms with Crippen molar-refractivity contribution in [3.05, 3.63) is 29.8 Å². The molecule has 1 rings (SSSR count). The zero-order chi connectivity index (χ0) is 13.5. The van der Waals surface area contributed by atoms with Crippen LogP contribution in [-0.2, 0) is 10.8 Å². The Morgan fingerprint density at radius 2 is 2.00 bits per heavy atom. The second-order valence-corrected chi connectivity index (χ2v) is 6.23. The molecular formula is C14H20O3S. The molecule has 100 valence electrons. The summed E-state index contributed by atoms with van der Waals surface area (Å²) in [6.07, 6.45) is 0. The van der Waals surface area contributed by atoms with E-state index in [0.717, 1.165) is 0 Å². The fourth-order valence-electron chi connectivity index (χ4n) is 1.58. The smallest absolute Gasteiger partial charge is 0.163 e. The summed E-state index contributed by atoms with van der Waals surface area (Å²) < 4.78 is 17.2. The van der Waals surface area contributed by atoms with E-state index < -0.39 is 10.8 Å². The van der Waals surface area contributed by atoms with Gasteiger partial charge in [0, 0.05) is 16.6 Å². The average molecular weight is 268 g/mol. The van der Waals surface area contributed by atoms with E-state index in [1.807, 2.05) is 19.9 Å². The molecule has 0 saturated heterocycles. The Hall–Kier alpha value is -1.16. The van der Waals surface area contributed by atoms with Gasteiger partial charge in [0.05, 0.1) is 17.9 Å². The quantitative estimate of drug-likeness (QED) is 0.714. The standard InChI is InChI=1S/C14H20O3S/c1-11(2)10-18(16)9-8-17-14-7-5-4-6-13(14)12(3)15/h4-7,11H,8-10H2,1-3H3. The maximum Gasteiger partial charge on any atom is 0.163 e. The van der Waals surface area contributed by atoms with Gasteiger partial charge in [-0.2, -0.15) is 0 Å². The summed E-state index contributed by atoms with van der Waals surface area (Å²) in [5, 5.41) is 0. The van der Waals surface area contributed by atoms with E-state index in [0.29, 0.717) is 35.3 Å². The minimum absolute atomic E-state index is 0.0195. The van der Waals surface area contributed by atoms with Crippen LogP contribution in [-0.4, -0.2) is 28.1 Å². The van der Waals surface area contributed by atoms with Crippen molar-refractivity contribution < 1.29 is 13.7 Å². The Morgan fingerprint density at radius 3 is 2.61 bits per heavy atom. The van der Waals surface area contributed by atoms with Gasteiger partial charge in [0.25, 0.3) is 0 Å². The first-order valence-electron chi connectivity index (χ1n) is 6.08. The molecule has 0 radical (unpaired) electrons. The Kier molecular flexibility index (Phi) is 6.05. The predicted octanol–water partition coefficient (Wildman–Crippen LogP) is 2.67. The van der Waals surface area contributed by atoms with Gasteiger partial charge in [-0.3, -0.25) is 9.00 Å². The lowest BCUT2D eigenvalue weighted by molar-refractivity contribution is 0.101. The molecule has 0 heterocycles. The molecule has 1 aromatic rings. The van der Waals surface area contributed by atoms with Gasteiger partial charge in [-0.05, 0) is 25.0 Å². The molecular weight excluding hydrogens is 248 g/mol.